The zero-order chi connectivity index (χ0) is 20.1. The average Bonchev–Trinajstić information content (AvgIpc) is 3.39. The minimum Gasteiger partial charge on any atom is -0.302 e. The third-order valence-electron chi connectivity index (χ3n) is 5.99. The fourth-order valence-corrected chi connectivity index (χ4v) is 5.74. The highest BCUT2D eigenvalue weighted by atomic mass is 32.1. The van der Waals surface area contributed by atoms with Gasteiger partial charge in [0.2, 0.25) is 5.91 Å². The van der Waals surface area contributed by atoms with Crippen LogP contribution >= 0.6 is 11.3 Å². The molecule has 29 heavy (non-hydrogen) atoms. The van der Waals surface area contributed by atoms with Crippen LogP contribution in [-0.2, 0) is 11.2 Å². The number of nitrogens with zero attached hydrogens (tertiary/aromatic N) is 4. The molecular formula is C22H25N5OS. The average molecular weight is 408 g/mol. The molecule has 1 atom stereocenters. The summed E-state index contributed by atoms with van der Waals surface area (Å²) in [6.45, 7) is 5.79. The molecule has 7 heteroatoms. The van der Waals surface area contributed by atoms with E-state index in [1.807, 2.05) is 13.1 Å². The van der Waals surface area contributed by atoms with Crippen molar-refractivity contribution in [3.05, 3.63) is 35.3 Å². The molecule has 0 spiro atoms. The number of carbonyl (C=O) groups is 1. The van der Waals surface area contributed by atoms with Crippen LogP contribution < -0.4 is 5.32 Å². The van der Waals surface area contributed by atoms with Crippen molar-refractivity contribution in [1.29, 1.82) is 0 Å². The lowest BCUT2D eigenvalue weighted by Gasteiger charge is -2.22. The number of rotatable bonds is 3. The molecule has 1 amide bonds. The number of aryl methyl sites for hydroxylation is 1. The lowest BCUT2D eigenvalue weighted by molar-refractivity contribution is -0.114. The van der Waals surface area contributed by atoms with Gasteiger partial charge in [0, 0.05) is 29.9 Å². The van der Waals surface area contributed by atoms with Crippen LogP contribution in [0.15, 0.2) is 18.3 Å². The molecule has 1 N–H and O–H groups in total. The van der Waals surface area contributed by atoms with E-state index in [1.54, 1.807) is 11.3 Å². The normalized spacial score (nSPS) is 18.5. The molecule has 0 aliphatic heterocycles. The molecule has 0 saturated heterocycles. The van der Waals surface area contributed by atoms with E-state index >= 15 is 0 Å². The van der Waals surface area contributed by atoms with Crippen molar-refractivity contribution >= 4 is 22.4 Å². The van der Waals surface area contributed by atoms with Crippen molar-refractivity contribution in [2.45, 2.75) is 64.8 Å². The van der Waals surface area contributed by atoms with Gasteiger partial charge in [0.05, 0.1) is 28.0 Å². The Morgan fingerprint density at radius 1 is 1.28 bits per heavy atom. The summed E-state index contributed by atoms with van der Waals surface area (Å²) >= 11 is 1.57. The summed E-state index contributed by atoms with van der Waals surface area (Å²) < 4.78 is 2.27. The number of thiazole rings is 1. The molecule has 0 aromatic carbocycles. The third kappa shape index (κ3) is 3.17. The summed E-state index contributed by atoms with van der Waals surface area (Å²) in [4.78, 5) is 22.0. The highest BCUT2D eigenvalue weighted by molar-refractivity contribution is 7.19. The smallest absolute Gasteiger partial charge is 0.223 e. The van der Waals surface area contributed by atoms with Gasteiger partial charge >= 0.3 is 0 Å². The number of hydrogen-bond acceptors (Lipinski definition) is 5. The van der Waals surface area contributed by atoms with Gasteiger partial charge in [0.1, 0.15) is 0 Å². The van der Waals surface area contributed by atoms with Crippen molar-refractivity contribution in [3.63, 3.8) is 0 Å². The van der Waals surface area contributed by atoms with Crippen molar-refractivity contribution in [2.75, 3.05) is 5.32 Å². The maximum atomic E-state index is 11.6. The Labute approximate surface area is 174 Å². The molecule has 2 aliphatic carbocycles. The van der Waals surface area contributed by atoms with Gasteiger partial charge in [-0.2, -0.15) is 5.10 Å². The molecule has 1 saturated carbocycles. The minimum absolute atomic E-state index is 0.0833. The Balaban J connectivity index is 1.71. The second-order valence-electron chi connectivity index (χ2n) is 8.26. The van der Waals surface area contributed by atoms with E-state index in [4.69, 9.17) is 10.1 Å². The summed E-state index contributed by atoms with van der Waals surface area (Å²) in [7, 11) is 0. The van der Waals surface area contributed by atoms with Gasteiger partial charge in [0.25, 0.3) is 0 Å². The van der Waals surface area contributed by atoms with Crippen molar-refractivity contribution in [2.24, 2.45) is 0 Å². The van der Waals surface area contributed by atoms with Crippen LogP contribution in [0.25, 0.3) is 21.8 Å². The summed E-state index contributed by atoms with van der Waals surface area (Å²) in [5.41, 5.74) is 6.71. The largest absolute Gasteiger partial charge is 0.302 e. The van der Waals surface area contributed by atoms with Crippen LogP contribution in [0.5, 0.6) is 0 Å². The molecule has 5 rings (SSSR count). The first-order chi connectivity index (χ1) is 14.0. The third-order valence-corrected chi connectivity index (χ3v) is 7.01. The molecule has 0 bridgehead atoms. The van der Waals surface area contributed by atoms with Crippen molar-refractivity contribution in [3.8, 4) is 21.8 Å². The molecule has 0 radical (unpaired) electrons. The van der Waals surface area contributed by atoms with Gasteiger partial charge in [-0.05, 0) is 44.2 Å². The molecule has 3 heterocycles. The first kappa shape index (κ1) is 18.5. The topological polar surface area (TPSA) is 72.7 Å². The number of pyridine rings is 1. The van der Waals surface area contributed by atoms with Gasteiger partial charge in [-0.1, -0.05) is 31.1 Å². The first-order valence-corrected chi connectivity index (χ1v) is 11.2. The number of aromatic nitrogens is 4. The van der Waals surface area contributed by atoms with Gasteiger partial charge in [-0.3, -0.25) is 14.5 Å². The number of anilines is 1. The predicted octanol–water partition coefficient (Wildman–Crippen LogP) is 5.11. The van der Waals surface area contributed by atoms with Crippen LogP contribution in [-0.4, -0.2) is 25.7 Å². The maximum absolute atomic E-state index is 11.6. The molecule has 3 aromatic heterocycles. The fourth-order valence-electron chi connectivity index (χ4n) is 4.65. The number of nitrogens with one attached hydrogen (secondary N) is 1. The number of amides is 1. The molecule has 3 aromatic rings. The maximum Gasteiger partial charge on any atom is 0.223 e. The van der Waals surface area contributed by atoms with Gasteiger partial charge in [-0.25, -0.2) is 4.98 Å². The quantitative estimate of drug-likeness (QED) is 0.655. The molecule has 1 unspecified atom stereocenters. The van der Waals surface area contributed by atoms with E-state index in [0.29, 0.717) is 17.1 Å². The number of hydrogen-bond donors (Lipinski definition) is 1. The summed E-state index contributed by atoms with van der Waals surface area (Å²) in [5, 5.41) is 8.71. The molecule has 6 nitrogen and oxygen atoms in total. The van der Waals surface area contributed by atoms with E-state index in [1.165, 1.54) is 43.9 Å². The van der Waals surface area contributed by atoms with Gasteiger partial charge in [0.15, 0.2) is 5.13 Å². The van der Waals surface area contributed by atoms with Crippen LogP contribution in [0.3, 0.4) is 0 Å². The zero-order valence-electron chi connectivity index (χ0n) is 17.0. The SMILES string of the molecule is CC(=O)Nc1nc2c(s1)-c1c(c(-c3ccc(C)nc3)nn1C1CCCC1)C(C)C2. The van der Waals surface area contributed by atoms with E-state index in [-0.39, 0.29) is 5.91 Å². The highest BCUT2D eigenvalue weighted by Crippen LogP contribution is 2.49. The van der Waals surface area contributed by atoms with E-state index in [0.717, 1.165) is 33.9 Å². The van der Waals surface area contributed by atoms with Crippen LogP contribution in [0.4, 0.5) is 5.13 Å². The minimum atomic E-state index is -0.0833. The summed E-state index contributed by atoms with van der Waals surface area (Å²) in [6.07, 6.45) is 7.64. The zero-order valence-corrected chi connectivity index (χ0v) is 17.8. The van der Waals surface area contributed by atoms with Crippen LogP contribution in [0, 0.1) is 6.92 Å². The molecule has 1 fully saturated rings. The second-order valence-corrected chi connectivity index (χ2v) is 9.26. The van der Waals surface area contributed by atoms with E-state index in [2.05, 4.69) is 34.0 Å². The Morgan fingerprint density at radius 2 is 2.07 bits per heavy atom. The fraction of sp³-hybridized carbons (Fsp3) is 0.455. The van der Waals surface area contributed by atoms with Crippen molar-refractivity contribution in [1.82, 2.24) is 19.7 Å². The Kier molecular flexibility index (Phi) is 4.50. The Hall–Kier alpha value is -2.54. The number of fused-ring (bicyclic) bond motifs is 3. The lowest BCUT2D eigenvalue weighted by Crippen LogP contribution is -2.13. The van der Waals surface area contributed by atoms with Crippen molar-refractivity contribution < 1.29 is 4.79 Å². The van der Waals surface area contributed by atoms with E-state index in [9.17, 15) is 4.79 Å². The van der Waals surface area contributed by atoms with Gasteiger partial charge < -0.3 is 5.32 Å². The van der Waals surface area contributed by atoms with E-state index < -0.39 is 0 Å². The van der Waals surface area contributed by atoms with Crippen LogP contribution in [0.1, 0.15) is 68.4 Å². The lowest BCUT2D eigenvalue weighted by atomic mass is 9.86. The standard InChI is InChI=1S/C22H25N5OS/c1-12-10-17-21(29-22(25-17)24-14(3)28)20-18(12)19(15-9-8-13(2)23-11-15)26-27(20)16-6-4-5-7-16/h8-9,11-12,16H,4-7,10H2,1-3H3,(H,24,25,28). The van der Waals surface area contributed by atoms with Gasteiger partial charge in [-0.15, -0.1) is 0 Å². The molecule has 2 aliphatic rings. The summed E-state index contributed by atoms with van der Waals surface area (Å²) in [6, 6.07) is 4.61. The Bertz CT molecular complexity index is 1080. The first-order valence-electron chi connectivity index (χ1n) is 10.3. The number of carbonyl (C=O) groups excluding carboxylic acids is 1. The highest BCUT2D eigenvalue weighted by Gasteiger charge is 2.35. The Morgan fingerprint density at radius 3 is 2.76 bits per heavy atom. The monoisotopic (exact) mass is 407 g/mol. The predicted molar refractivity (Wildman–Crippen MR) is 115 cm³/mol. The van der Waals surface area contributed by atoms with Crippen LogP contribution in [0.2, 0.25) is 0 Å². The second kappa shape index (κ2) is 7.06. The molecule has 150 valence electrons. The molecular weight excluding hydrogens is 382 g/mol. The summed E-state index contributed by atoms with van der Waals surface area (Å²) in [5.74, 6) is 0.233.